The molecule has 0 saturated carbocycles. The zero-order valence-corrected chi connectivity index (χ0v) is 31.0. The van der Waals surface area contributed by atoms with Crippen molar-refractivity contribution < 1.29 is 72.9 Å². The second-order valence-corrected chi connectivity index (χ2v) is 12.8. The highest BCUT2D eigenvalue weighted by molar-refractivity contribution is 6.13. The Bertz CT molecular complexity index is 1540. The summed E-state index contributed by atoms with van der Waals surface area (Å²) >= 11 is 0. The third-order valence-electron chi connectivity index (χ3n) is 8.68. The molecule has 5 amide bonds. The van der Waals surface area contributed by atoms with Crippen LogP contribution >= 0.6 is 0 Å². The van der Waals surface area contributed by atoms with Crippen molar-refractivity contribution in [1.82, 2.24) is 26.2 Å². The van der Waals surface area contributed by atoms with E-state index in [4.69, 9.17) is 18.9 Å². The molecule has 1 aromatic carbocycles. The number of unbranched alkanes of at least 4 members (excludes halogenated alkanes) is 1. The summed E-state index contributed by atoms with van der Waals surface area (Å²) in [6, 6.07) is 2.69. The number of hydrogen-bond acceptors (Lipinski definition) is 16. The van der Waals surface area contributed by atoms with Crippen molar-refractivity contribution >= 4 is 47.7 Å². The van der Waals surface area contributed by atoms with Gasteiger partial charge in [0, 0.05) is 58.3 Å². The molecule has 9 N–H and O–H groups in total. The van der Waals surface area contributed by atoms with Gasteiger partial charge in [-0.25, -0.2) is 4.79 Å². The van der Waals surface area contributed by atoms with Crippen molar-refractivity contribution in [2.24, 2.45) is 0 Å². The first-order chi connectivity index (χ1) is 26.8. The number of benzene rings is 1. The number of carboxylic acids is 1. The molecule has 2 aliphatic heterocycles. The van der Waals surface area contributed by atoms with Gasteiger partial charge in [-0.1, -0.05) is 6.07 Å². The van der Waals surface area contributed by atoms with E-state index in [0.717, 1.165) is 4.90 Å². The van der Waals surface area contributed by atoms with Crippen molar-refractivity contribution in [1.29, 1.82) is 0 Å². The maximum atomic E-state index is 13.4. The predicted molar refractivity (Wildman–Crippen MR) is 192 cm³/mol. The summed E-state index contributed by atoms with van der Waals surface area (Å²) in [4.78, 5) is 86.6. The molecule has 1 aromatic rings. The van der Waals surface area contributed by atoms with Crippen molar-refractivity contribution in [2.75, 3.05) is 52.3 Å². The van der Waals surface area contributed by atoms with Gasteiger partial charge in [0.1, 0.15) is 30.7 Å². The number of carboxylic acid groups (broad SMARTS) is 1. The van der Waals surface area contributed by atoms with Gasteiger partial charge >= 0.3 is 5.97 Å². The zero-order chi connectivity index (χ0) is 41.2. The first-order valence-corrected chi connectivity index (χ1v) is 17.8. The summed E-state index contributed by atoms with van der Waals surface area (Å²) in [6.07, 6.45) is -5.89. The average Bonchev–Trinajstić information content (AvgIpc) is 3.50. The minimum absolute atomic E-state index is 0.0264. The van der Waals surface area contributed by atoms with Crippen molar-refractivity contribution in [3.63, 3.8) is 0 Å². The van der Waals surface area contributed by atoms with Crippen LogP contribution in [0.3, 0.4) is 0 Å². The average molecular weight is 795 g/mol. The third kappa shape index (κ3) is 13.6. The molecule has 56 heavy (non-hydrogen) atoms. The summed E-state index contributed by atoms with van der Waals surface area (Å²) in [5.74, 6) is -4.01. The SMILES string of the molecule is CNCC(CNC(CCCCNC(=O)CCOC)C(=O)NCCC(=O)Nc1cc(COC=O)ccc1O[C@@H]1O[C@H](C(=O)O)[C@@H](O)[C@H](O)[C@H]1O)N1C(=O)C=CC1=O. The lowest BCUT2D eigenvalue weighted by molar-refractivity contribution is -0.271. The Hall–Kier alpha value is -5.03. The summed E-state index contributed by atoms with van der Waals surface area (Å²) in [6.45, 7) is 0.833. The molecular weight excluding hydrogens is 744 g/mol. The topological polar surface area (TPSA) is 301 Å². The Balaban J connectivity index is 1.66. The van der Waals surface area contributed by atoms with E-state index in [2.05, 4.69) is 26.6 Å². The van der Waals surface area contributed by atoms with Crippen LogP contribution in [0.4, 0.5) is 5.69 Å². The van der Waals surface area contributed by atoms with Gasteiger partial charge < -0.3 is 66.0 Å². The Labute approximate surface area is 322 Å². The lowest BCUT2D eigenvalue weighted by Crippen LogP contribution is -2.61. The van der Waals surface area contributed by atoms with E-state index in [1.54, 1.807) is 7.05 Å². The fourth-order valence-corrected chi connectivity index (χ4v) is 5.76. The van der Waals surface area contributed by atoms with Crippen molar-refractivity contribution in [3.05, 3.63) is 35.9 Å². The summed E-state index contributed by atoms with van der Waals surface area (Å²) in [5, 5.41) is 54.1. The van der Waals surface area contributed by atoms with Gasteiger partial charge in [-0.3, -0.25) is 33.7 Å². The van der Waals surface area contributed by atoms with Gasteiger partial charge in [0.15, 0.2) is 6.10 Å². The van der Waals surface area contributed by atoms with Gasteiger partial charge in [-0.05, 0) is 44.0 Å². The molecule has 21 heteroatoms. The monoisotopic (exact) mass is 794 g/mol. The van der Waals surface area contributed by atoms with Gasteiger partial charge in [0.05, 0.1) is 24.4 Å². The number of aliphatic hydroxyl groups is 3. The van der Waals surface area contributed by atoms with Crippen LogP contribution in [0.2, 0.25) is 0 Å². The molecule has 0 spiro atoms. The first-order valence-electron chi connectivity index (χ1n) is 17.8. The number of carbonyl (C=O) groups excluding carboxylic acids is 6. The standard InChI is InChI=1S/C35H50N6O15/c1-36-16-21(41-27(45)8-9-28(41)46)17-39-22(5-3-4-12-37-25(43)11-14-53-2)33(50)38-13-10-26(44)40-23-15-20(18-54-19-42)6-7-24(23)55-35-31(49)29(47)30(48)32(56-35)34(51)52/h6-9,15,19,21-22,29-32,35-36,39,47-49H,3-5,10-14,16-18H2,1-2H3,(H,37,43)(H,38,50)(H,40,44)(H,51,52)/t21?,22?,29-,30-,31+,32-,35+/m0/s1. The lowest BCUT2D eigenvalue weighted by Gasteiger charge is -2.38. The van der Waals surface area contributed by atoms with Gasteiger partial charge in [0.2, 0.25) is 24.0 Å². The van der Waals surface area contributed by atoms with E-state index < -0.39 is 72.4 Å². The van der Waals surface area contributed by atoms with Crippen molar-refractivity contribution in [3.8, 4) is 5.75 Å². The molecule has 310 valence electrons. The molecular formula is C35H50N6O15. The minimum Gasteiger partial charge on any atom is -0.479 e. The number of nitrogens with one attached hydrogen (secondary N) is 5. The molecule has 3 rings (SSSR count). The van der Waals surface area contributed by atoms with Crippen LogP contribution in [0.5, 0.6) is 5.75 Å². The molecule has 0 radical (unpaired) electrons. The molecule has 2 aliphatic rings. The van der Waals surface area contributed by atoms with Crippen LogP contribution < -0.4 is 31.3 Å². The highest BCUT2D eigenvalue weighted by Crippen LogP contribution is 2.31. The van der Waals surface area contributed by atoms with Crippen LogP contribution in [0.15, 0.2) is 30.4 Å². The maximum absolute atomic E-state index is 13.4. The van der Waals surface area contributed by atoms with Crippen LogP contribution in [-0.2, 0) is 54.4 Å². The van der Waals surface area contributed by atoms with Crippen LogP contribution in [0.1, 0.15) is 37.7 Å². The minimum atomic E-state index is -1.96. The highest BCUT2D eigenvalue weighted by Gasteiger charge is 2.48. The Morgan fingerprint density at radius 3 is 2.34 bits per heavy atom. The zero-order valence-electron chi connectivity index (χ0n) is 31.0. The fourth-order valence-electron chi connectivity index (χ4n) is 5.76. The first kappa shape index (κ1) is 45.4. The van der Waals surface area contributed by atoms with E-state index >= 15 is 0 Å². The Kier molecular flexibility index (Phi) is 18.7. The number of anilines is 1. The third-order valence-corrected chi connectivity index (χ3v) is 8.68. The summed E-state index contributed by atoms with van der Waals surface area (Å²) in [5.41, 5.74) is 0.367. The number of likely N-dealkylation sites (N-methyl/N-ethyl adjacent to an activating group) is 1. The maximum Gasteiger partial charge on any atom is 0.335 e. The molecule has 0 aromatic heterocycles. The number of imide groups is 1. The van der Waals surface area contributed by atoms with E-state index in [-0.39, 0.29) is 69.5 Å². The van der Waals surface area contributed by atoms with E-state index in [1.807, 2.05) is 0 Å². The molecule has 21 nitrogen and oxygen atoms in total. The van der Waals surface area contributed by atoms with E-state index in [1.165, 1.54) is 37.5 Å². The molecule has 2 heterocycles. The van der Waals surface area contributed by atoms with E-state index in [9.17, 15) is 54.0 Å². The molecule has 7 atom stereocenters. The van der Waals surface area contributed by atoms with Crippen LogP contribution in [0.25, 0.3) is 0 Å². The van der Waals surface area contributed by atoms with Crippen LogP contribution in [0, 0.1) is 0 Å². The summed E-state index contributed by atoms with van der Waals surface area (Å²) < 4.78 is 20.5. The molecule has 0 aliphatic carbocycles. The van der Waals surface area contributed by atoms with E-state index in [0.29, 0.717) is 31.4 Å². The number of ether oxygens (including phenoxy) is 4. The molecule has 1 saturated heterocycles. The highest BCUT2D eigenvalue weighted by atomic mass is 16.7. The quantitative estimate of drug-likeness (QED) is 0.0269. The van der Waals surface area contributed by atoms with Gasteiger partial charge in [-0.2, -0.15) is 0 Å². The largest absolute Gasteiger partial charge is 0.479 e. The number of aliphatic hydroxyl groups excluding tert-OH is 3. The molecule has 1 fully saturated rings. The molecule has 0 bridgehead atoms. The number of methoxy groups -OCH3 is 1. The summed E-state index contributed by atoms with van der Waals surface area (Å²) in [7, 11) is 3.15. The Morgan fingerprint density at radius 2 is 1.68 bits per heavy atom. The van der Waals surface area contributed by atoms with Gasteiger partial charge in [0.25, 0.3) is 18.3 Å². The number of amides is 5. The van der Waals surface area contributed by atoms with Crippen LogP contribution in [-0.4, -0.2) is 157 Å². The lowest BCUT2D eigenvalue weighted by atomic mass is 9.99. The van der Waals surface area contributed by atoms with Crippen molar-refractivity contribution in [2.45, 2.75) is 81.5 Å². The number of rotatable bonds is 25. The predicted octanol–water partition coefficient (Wildman–Crippen LogP) is -3.13. The number of aliphatic carboxylic acids is 1. The fraction of sp³-hybridized carbons (Fsp3) is 0.571. The number of hydrogen-bond donors (Lipinski definition) is 9. The normalized spacial score (nSPS) is 21.6. The Morgan fingerprint density at radius 1 is 0.946 bits per heavy atom. The van der Waals surface area contributed by atoms with Gasteiger partial charge in [-0.15, -0.1) is 0 Å². The molecule has 2 unspecified atom stereocenters. The second-order valence-electron chi connectivity index (χ2n) is 12.8. The number of carbonyl (C=O) groups is 7. The number of nitrogens with zero attached hydrogens (tertiary/aromatic N) is 1. The second kappa shape index (κ2) is 23.1. The smallest absolute Gasteiger partial charge is 0.335 e.